The summed E-state index contributed by atoms with van der Waals surface area (Å²) in [4.78, 5) is 12.9. The maximum atomic E-state index is 12.9. The van der Waals surface area contributed by atoms with Gasteiger partial charge >= 0.3 is 0 Å². The second kappa shape index (κ2) is 9.09. The second-order valence-corrected chi connectivity index (χ2v) is 6.68. The molecule has 4 heteroatoms. The minimum absolute atomic E-state index is 0.201. The summed E-state index contributed by atoms with van der Waals surface area (Å²) < 4.78 is 11.9. The summed E-state index contributed by atoms with van der Waals surface area (Å²) >= 11 is 0. The first-order chi connectivity index (χ1) is 13.6. The molecular formula is C24H25NO3. The summed E-state index contributed by atoms with van der Waals surface area (Å²) in [5.74, 6) is 1.83. The van der Waals surface area contributed by atoms with E-state index in [-0.39, 0.29) is 5.91 Å². The van der Waals surface area contributed by atoms with E-state index < -0.39 is 6.10 Å². The molecule has 0 saturated heterocycles. The van der Waals surface area contributed by atoms with Crippen LogP contribution in [-0.4, -0.2) is 12.0 Å². The topological polar surface area (TPSA) is 47.6 Å². The summed E-state index contributed by atoms with van der Waals surface area (Å²) in [5.41, 5.74) is 2.71. The van der Waals surface area contributed by atoms with Crippen molar-refractivity contribution in [3.8, 4) is 17.2 Å². The van der Waals surface area contributed by atoms with Crippen LogP contribution in [0.1, 0.15) is 24.5 Å². The Morgan fingerprint density at radius 3 is 2.39 bits per heavy atom. The van der Waals surface area contributed by atoms with Gasteiger partial charge in [0.1, 0.15) is 11.5 Å². The number of para-hydroxylation sites is 3. The summed E-state index contributed by atoms with van der Waals surface area (Å²) in [5, 5.41) is 2.95. The summed E-state index contributed by atoms with van der Waals surface area (Å²) in [6, 6.07) is 22.8. The number of aryl methyl sites for hydroxylation is 2. The van der Waals surface area contributed by atoms with Crippen molar-refractivity contribution in [1.82, 2.24) is 0 Å². The summed E-state index contributed by atoms with van der Waals surface area (Å²) in [6.45, 7) is 5.91. The fourth-order valence-corrected chi connectivity index (χ4v) is 2.80. The maximum Gasteiger partial charge on any atom is 0.265 e. The Kier molecular flexibility index (Phi) is 6.33. The van der Waals surface area contributed by atoms with Crippen LogP contribution in [0.5, 0.6) is 17.2 Å². The Morgan fingerprint density at radius 1 is 0.929 bits per heavy atom. The van der Waals surface area contributed by atoms with E-state index in [2.05, 4.69) is 5.32 Å². The molecule has 0 bridgehead atoms. The Labute approximate surface area is 166 Å². The molecule has 0 heterocycles. The molecule has 0 aromatic heterocycles. The zero-order valence-electron chi connectivity index (χ0n) is 16.4. The lowest BCUT2D eigenvalue weighted by Crippen LogP contribution is -2.32. The van der Waals surface area contributed by atoms with Crippen LogP contribution in [0.15, 0.2) is 72.8 Å². The molecule has 1 atom stereocenters. The highest BCUT2D eigenvalue weighted by molar-refractivity contribution is 5.95. The van der Waals surface area contributed by atoms with Crippen LogP contribution >= 0.6 is 0 Å². The molecule has 0 aliphatic carbocycles. The Balaban J connectivity index is 1.75. The van der Waals surface area contributed by atoms with E-state index in [1.54, 1.807) is 0 Å². The van der Waals surface area contributed by atoms with Crippen molar-refractivity contribution in [2.45, 2.75) is 33.3 Å². The van der Waals surface area contributed by atoms with Crippen LogP contribution in [-0.2, 0) is 4.79 Å². The zero-order valence-corrected chi connectivity index (χ0v) is 16.4. The van der Waals surface area contributed by atoms with Gasteiger partial charge in [0.2, 0.25) is 0 Å². The maximum absolute atomic E-state index is 12.9. The number of carbonyl (C=O) groups excluding carboxylic acids is 1. The van der Waals surface area contributed by atoms with Crippen molar-refractivity contribution in [3.63, 3.8) is 0 Å². The van der Waals surface area contributed by atoms with Crippen molar-refractivity contribution in [2.75, 3.05) is 5.32 Å². The number of benzene rings is 3. The van der Waals surface area contributed by atoms with Gasteiger partial charge < -0.3 is 14.8 Å². The number of nitrogens with one attached hydrogen (secondary N) is 1. The van der Waals surface area contributed by atoms with Gasteiger partial charge in [0.05, 0.1) is 5.69 Å². The average Bonchev–Trinajstić information content (AvgIpc) is 2.70. The third-order valence-electron chi connectivity index (χ3n) is 4.39. The van der Waals surface area contributed by atoms with Gasteiger partial charge in [-0.05, 0) is 61.7 Å². The molecule has 0 fully saturated rings. The first-order valence-electron chi connectivity index (χ1n) is 9.43. The van der Waals surface area contributed by atoms with Crippen molar-refractivity contribution < 1.29 is 14.3 Å². The number of anilines is 1. The molecule has 144 valence electrons. The third kappa shape index (κ3) is 4.92. The molecule has 0 radical (unpaired) electrons. The predicted molar refractivity (Wildman–Crippen MR) is 112 cm³/mol. The molecule has 0 aliphatic rings. The van der Waals surface area contributed by atoms with Crippen molar-refractivity contribution >= 4 is 11.6 Å². The standard InChI is InChI=1S/C24H25NO3/c1-4-21(28-23-16-17(2)14-15-18(23)3)24(26)25-20-12-8-9-13-22(20)27-19-10-6-5-7-11-19/h5-16,21H,4H2,1-3H3,(H,25,26)/t21-/m0/s1. The molecule has 0 unspecified atom stereocenters. The number of hydrogen-bond donors (Lipinski definition) is 1. The number of carbonyl (C=O) groups is 1. The number of amides is 1. The van der Waals surface area contributed by atoms with Crippen LogP contribution in [0, 0.1) is 13.8 Å². The average molecular weight is 375 g/mol. The van der Waals surface area contributed by atoms with E-state index in [1.165, 1.54) is 0 Å². The normalized spacial score (nSPS) is 11.5. The fourth-order valence-electron chi connectivity index (χ4n) is 2.80. The lowest BCUT2D eigenvalue weighted by atomic mass is 10.1. The lowest BCUT2D eigenvalue weighted by molar-refractivity contribution is -0.122. The summed E-state index contributed by atoms with van der Waals surface area (Å²) in [6.07, 6.45) is -0.0359. The van der Waals surface area contributed by atoms with E-state index >= 15 is 0 Å². The minimum atomic E-state index is -0.592. The highest BCUT2D eigenvalue weighted by atomic mass is 16.5. The van der Waals surface area contributed by atoms with Gasteiger partial charge in [-0.2, -0.15) is 0 Å². The molecule has 1 N–H and O–H groups in total. The van der Waals surface area contributed by atoms with Gasteiger partial charge in [0.15, 0.2) is 11.9 Å². The van der Waals surface area contributed by atoms with Crippen molar-refractivity contribution in [1.29, 1.82) is 0 Å². The molecule has 3 aromatic carbocycles. The first-order valence-corrected chi connectivity index (χ1v) is 9.43. The largest absolute Gasteiger partial charge is 0.480 e. The molecule has 0 spiro atoms. The quantitative estimate of drug-likeness (QED) is 0.560. The molecule has 1 amide bonds. The van der Waals surface area contributed by atoms with Crippen molar-refractivity contribution in [2.24, 2.45) is 0 Å². The minimum Gasteiger partial charge on any atom is -0.480 e. The molecule has 0 saturated carbocycles. The molecule has 28 heavy (non-hydrogen) atoms. The number of rotatable bonds is 7. The van der Waals surface area contributed by atoms with Crippen LogP contribution < -0.4 is 14.8 Å². The molecule has 4 nitrogen and oxygen atoms in total. The van der Waals surface area contributed by atoms with Gasteiger partial charge in [-0.1, -0.05) is 49.4 Å². The van der Waals surface area contributed by atoms with E-state index in [9.17, 15) is 4.79 Å². The van der Waals surface area contributed by atoms with Gasteiger partial charge in [0, 0.05) is 0 Å². The highest BCUT2D eigenvalue weighted by Crippen LogP contribution is 2.29. The molecule has 3 aromatic rings. The predicted octanol–water partition coefficient (Wildman–Crippen LogP) is 5.89. The van der Waals surface area contributed by atoms with E-state index in [1.807, 2.05) is 93.6 Å². The van der Waals surface area contributed by atoms with E-state index in [0.29, 0.717) is 23.6 Å². The lowest BCUT2D eigenvalue weighted by Gasteiger charge is -2.20. The summed E-state index contributed by atoms with van der Waals surface area (Å²) in [7, 11) is 0. The van der Waals surface area contributed by atoms with Gasteiger partial charge in [-0.3, -0.25) is 4.79 Å². The van der Waals surface area contributed by atoms with Crippen LogP contribution in [0.25, 0.3) is 0 Å². The van der Waals surface area contributed by atoms with Gasteiger partial charge in [0.25, 0.3) is 5.91 Å². The highest BCUT2D eigenvalue weighted by Gasteiger charge is 2.21. The van der Waals surface area contributed by atoms with Crippen LogP contribution in [0.2, 0.25) is 0 Å². The number of ether oxygens (including phenoxy) is 2. The molecule has 0 aliphatic heterocycles. The van der Waals surface area contributed by atoms with Gasteiger partial charge in [-0.25, -0.2) is 0 Å². The second-order valence-electron chi connectivity index (χ2n) is 6.68. The van der Waals surface area contributed by atoms with Crippen LogP contribution in [0.3, 0.4) is 0 Å². The van der Waals surface area contributed by atoms with E-state index in [4.69, 9.17) is 9.47 Å². The Hall–Kier alpha value is -3.27. The Morgan fingerprint density at radius 2 is 1.64 bits per heavy atom. The molecular weight excluding hydrogens is 350 g/mol. The smallest absolute Gasteiger partial charge is 0.265 e. The van der Waals surface area contributed by atoms with Crippen molar-refractivity contribution in [3.05, 3.63) is 83.9 Å². The monoisotopic (exact) mass is 375 g/mol. The third-order valence-corrected chi connectivity index (χ3v) is 4.39. The van der Waals surface area contributed by atoms with E-state index in [0.717, 1.165) is 16.9 Å². The Bertz CT molecular complexity index is 938. The molecule has 3 rings (SSSR count). The number of hydrogen-bond acceptors (Lipinski definition) is 3. The SMILES string of the molecule is CC[C@H](Oc1cc(C)ccc1C)C(=O)Nc1ccccc1Oc1ccccc1. The van der Waals surface area contributed by atoms with Gasteiger partial charge in [-0.15, -0.1) is 0 Å². The van der Waals surface area contributed by atoms with Crippen LogP contribution in [0.4, 0.5) is 5.69 Å². The fraction of sp³-hybridized carbons (Fsp3) is 0.208. The first kappa shape index (κ1) is 19.5. The zero-order chi connectivity index (χ0) is 19.9.